The zero-order valence-corrected chi connectivity index (χ0v) is 16.5. The highest BCUT2D eigenvalue weighted by atomic mass is 32.1. The Morgan fingerprint density at radius 2 is 1.96 bits per heavy atom. The van der Waals surface area contributed by atoms with Crippen LogP contribution in [0.1, 0.15) is 51.7 Å². The Morgan fingerprint density at radius 1 is 1.29 bits per heavy atom. The fourth-order valence-electron chi connectivity index (χ4n) is 2.24. The third kappa shape index (κ3) is 6.87. The molecule has 0 radical (unpaired) electrons. The Balaban J connectivity index is 2.43. The summed E-state index contributed by atoms with van der Waals surface area (Å²) >= 11 is 5.13. The van der Waals surface area contributed by atoms with E-state index in [4.69, 9.17) is 17.0 Å². The summed E-state index contributed by atoms with van der Waals surface area (Å²) in [6, 6.07) is 6.38. The van der Waals surface area contributed by atoms with Crippen molar-refractivity contribution in [1.29, 1.82) is 0 Å². The van der Waals surface area contributed by atoms with Crippen LogP contribution < -0.4 is 15.4 Å². The van der Waals surface area contributed by atoms with Gasteiger partial charge in [-0.2, -0.15) is 0 Å². The van der Waals surface area contributed by atoms with Gasteiger partial charge in [-0.05, 0) is 69.9 Å². The summed E-state index contributed by atoms with van der Waals surface area (Å²) in [5, 5.41) is 6.17. The van der Waals surface area contributed by atoms with E-state index in [-0.39, 0.29) is 11.9 Å². The first-order valence-corrected chi connectivity index (χ1v) is 8.84. The lowest BCUT2D eigenvalue weighted by Gasteiger charge is -2.24. The number of amides is 1. The SMILES string of the molecule is Cc1ccc(C)c(OCCCC(C)(C)C(=O)NC(=S)NC(C)C)c1. The molecule has 4 nitrogen and oxygen atoms in total. The van der Waals surface area contributed by atoms with E-state index in [1.807, 2.05) is 47.6 Å². The first-order valence-electron chi connectivity index (χ1n) is 8.44. The van der Waals surface area contributed by atoms with Crippen LogP contribution in [0, 0.1) is 19.3 Å². The molecular formula is C19H30N2O2S. The minimum absolute atomic E-state index is 0.0626. The number of hydrogen-bond acceptors (Lipinski definition) is 3. The lowest BCUT2D eigenvalue weighted by molar-refractivity contribution is -0.128. The van der Waals surface area contributed by atoms with Crippen LogP contribution in [0.5, 0.6) is 5.75 Å². The highest BCUT2D eigenvalue weighted by Crippen LogP contribution is 2.24. The van der Waals surface area contributed by atoms with Crippen LogP contribution in [0.4, 0.5) is 0 Å². The smallest absolute Gasteiger partial charge is 0.231 e. The maximum Gasteiger partial charge on any atom is 0.231 e. The van der Waals surface area contributed by atoms with E-state index >= 15 is 0 Å². The van der Waals surface area contributed by atoms with Crippen LogP contribution in [-0.2, 0) is 4.79 Å². The number of thiocarbonyl (C=S) groups is 1. The lowest BCUT2D eigenvalue weighted by Crippen LogP contribution is -2.47. The Labute approximate surface area is 151 Å². The first kappa shape index (κ1) is 20.4. The van der Waals surface area contributed by atoms with Gasteiger partial charge in [0.1, 0.15) is 5.75 Å². The average molecular weight is 351 g/mol. The van der Waals surface area contributed by atoms with Gasteiger partial charge in [0.05, 0.1) is 6.61 Å². The van der Waals surface area contributed by atoms with E-state index in [1.54, 1.807) is 0 Å². The van der Waals surface area contributed by atoms with Crippen LogP contribution in [0.3, 0.4) is 0 Å². The molecule has 0 heterocycles. The number of carbonyl (C=O) groups is 1. The molecule has 0 aromatic heterocycles. The van der Waals surface area contributed by atoms with Crippen LogP contribution in [0.2, 0.25) is 0 Å². The molecule has 5 heteroatoms. The quantitative estimate of drug-likeness (QED) is 0.579. The molecule has 0 bridgehead atoms. The van der Waals surface area contributed by atoms with Gasteiger partial charge in [0.2, 0.25) is 5.91 Å². The number of aryl methyl sites for hydroxylation is 2. The summed E-state index contributed by atoms with van der Waals surface area (Å²) < 4.78 is 5.86. The van der Waals surface area contributed by atoms with Crippen molar-refractivity contribution in [3.05, 3.63) is 29.3 Å². The minimum atomic E-state index is -0.492. The minimum Gasteiger partial charge on any atom is -0.493 e. The van der Waals surface area contributed by atoms with Gasteiger partial charge >= 0.3 is 0 Å². The molecule has 1 aromatic rings. The van der Waals surface area contributed by atoms with Gasteiger partial charge in [0.25, 0.3) is 0 Å². The van der Waals surface area contributed by atoms with E-state index in [2.05, 4.69) is 22.8 Å². The van der Waals surface area contributed by atoms with Gasteiger partial charge < -0.3 is 15.4 Å². The van der Waals surface area contributed by atoms with E-state index in [1.165, 1.54) is 5.56 Å². The first-order chi connectivity index (χ1) is 11.1. The van der Waals surface area contributed by atoms with Crippen molar-refractivity contribution in [1.82, 2.24) is 10.6 Å². The molecule has 1 rings (SSSR count). The molecule has 0 unspecified atom stereocenters. The second-order valence-corrected chi connectivity index (χ2v) is 7.60. The maximum absolute atomic E-state index is 12.3. The zero-order valence-electron chi connectivity index (χ0n) is 15.7. The molecule has 0 aliphatic carbocycles. The Bertz CT molecular complexity index is 583. The van der Waals surface area contributed by atoms with Gasteiger partial charge in [0.15, 0.2) is 5.11 Å². The highest BCUT2D eigenvalue weighted by Gasteiger charge is 2.27. The third-order valence-electron chi connectivity index (χ3n) is 3.81. The predicted octanol–water partition coefficient (Wildman–Crippen LogP) is 3.89. The summed E-state index contributed by atoms with van der Waals surface area (Å²) in [5.74, 6) is 0.854. The average Bonchev–Trinajstić information content (AvgIpc) is 2.46. The van der Waals surface area contributed by atoms with Crippen LogP contribution in [0.15, 0.2) is 18.2 Å². The molecule has 0 atom stereocenters. The molecule has 0 spiro atoms. The molecule has 0 saturated heterocycles. The number of carbonyl (C=O) groups excluding carboxylic acids is 1. The Kier molecular flexibility index (Phi) is 7.67. The summed E-state index contributed by atoms with van der Waals surface area (Å²) in [7, 11) is 0. The van der Waals surface area contributed by atoms with Crippen LogP contribution in [0.25, 0.3) is 0 Å². The third-order valence-corrected chi connectivity index (χ3v) is 4.03. The Morgan fingerprint density at radius 3 is 2.58 bits per heavy atom. The monoisotopic (exact) mass is 350 g/mol. The van der Waals surface area contributed by atoms with Gasteiger partial charge in [0, 0.05) is 11.5 Å². The predicted molar refractivity (Wildman–Crippen MR) is 103 cm³/mol. The zero-order chi connectivity index (χ0) is 18.3. The van der Waals surface area contributed by atoms with Crippen molar-refractivity contribution in [3.8, 4) is 5.75 Å². The molecule has 0 aliphatic heterocycles. The molecule has 0 aliphatic rings. The number of ether oxygens (including phenoxy) is 1. The molecule has 1 amide bonds. The van der Waals surface area contributed by atoms with Gasteiger partial charge in [-0.25, -0.2) is 0 Å². The van der Waals surface area contributed by atoms with Crippen molar-refractivity contribution in [2.24, 2.45) is 5.41 Å². The van der Waals surface area contributed by atoms with Gasteiger partial charge in [-0.15, -0.1) is 0 Å². The summed E-state index contributed by atoms with van der Waals surface area (Å²) in [6.07, 6.45) is 1.53. The van der Waals surface area contributed by atoms with Crippen LogP contribution >= 0.6 is 12.2 Å². The molecule has 1 aromatic carbocycles. The molecule has 0 saturated carbocycles. The second kappa shape index (κ2) is 9.02. The molecule has 134 valence electrons. The summed E-state index contributed by atoms with van der Waals surface area (Å²) in [6.45, 7) is 12.5. The normalized spacial score (nSPS) is 11.3. The largest absolute Gasteiger partial charge is 0.493 e. The van der Waals surface area contributed by atoms with E-state index in [0.717, 1.165) is 24.2 Å². The number of rotatable bonds is 7. The fourth-order valence-corrected chi connectivity index (χ4v) is 2.57. The van der Waals surface area contributed by atoms with E-state index in [0.29, 0.717) is 11.7 Å². The number of benzene rings is 1. The Hall–Kier alpha value is -1.62. The molecule has 2 N–H and O–H groups in total. The van der Waals surface area contributed by atoms with Gasteiger partial charge in [-0.1, -0.05) is 26.0 Å². The van der Waals surface area contributed by atoms with Crippen molar-refractivity contribution >= 4 is 23.2 Å². The highest BCUT2D eigenvalue weighted by molar-refractivity contribution is 7.80. The maximum atomic E-state index is 12.3. The van der Waals surface area contributed by atoms with Crippen molar-refractivity contribution in [2.45, 2.75) is 60.4 Å². The molecule has 0 fully saturated rings. The molecule has 24 heavy (non-hydrogen) atoms. The fraction of sp³-hybridized carbons (Fsp3) is 0.579. The van der Waals surface area contributed by atoms with Crippen molar-refractivity contribution in [2.75, 3.05) is 6.61 Å². The standard InChI is InChI=1S/C19H30N2O2S/c1-13(2)20-18(24)21-17(22)19(5,6)10-7-11-23-16-12-14(3)8-9-15(16)4/h8-9,12-13H,7,10-11H2,1-6H3,(H2,20,21,22,24). The van der Waals surface area contributed by atoms with E-state index < -0.39 is 5.41 Å². The number of nitrogens with one attached hydrogen (secondary N) is 2. The lowest BCUT2D eigenvalue weighted by atomic mass is 9.87. The molecular weight excluding hydrogens is 320 g/mol. The van der Waals surface area contributed by atoms with Crippen LogP contribution in [-0.4, -0.2) is 23.7 Å². The van der Waals surface area contributed by atoms with Crippen molar-refractivity contribution < 1.29 is 9.53 Å². The second-order valence-electron chi connectivity index (χ2n) is 7.19. The summed E-state index contributed by atoms with van der Waals surface area (Å²) in [4.78, 5) is 12.3. The van der Waals surface area contributed by atoms with Crippen molar-refractivity contribution in [3.63, 3.8) is 0 Å². The topological polar surface area (TPSA) is 50.4 Å². The number of hydrogen-bond donors (Lipinski definition) is 2. The summed E-state index contributed by atoms with van der Waals surface area (Å²) in [5.41, 5.74) is 1.82. The van der Waals surface area contributed by atoms with E-state index in [9.17, 15) is 4.79 Å². The van der Waals surface area contributed by atoms with Gasteiger partial charge in [-0.3, -0.25) is 4.79 Å².